The van der Waals surface area contributed by atoms with Crippen molar-refractivity contribution < 1.29 is 28.2 Å². The fraction of sp³-hybridized carbons (Fsp3) is 0.211. The van der Waals surface area contributed by atoms with E-state index in [9.17, 15) is 13.6 Å². The number of rotatable bonds is 7. The van der Waals surface area contributed by atoms with Gasteiger partial charge in [0, 0.05) is 6.42 Å². The van der Waals surface area contributed by atoms with E-state index in [1.807, 2.05) is 0 Å². The lowest BCUT2D eigenvalue weighted by molar-refractivity contribution is 0.0557. The van der Waals surface area contributed by atoms with E-state index >= 15 is 0 Å². The third kappa shape index (κ3) is 4.79. The van der Waals surface area contributed by atoms with E-state index in [0.29, 0.717) is 17.1 Å². The monoisotopic (exact) mass is 348 g/mol. The van der Waals surface area contributed by atoms with Crippen molar-refractivity contribution in [3.63, 3.8) is 0 Å². The molecule has 132 valence electrons. The molecule has 0 aromatic heterocycles. The lowest BCUT2D eigenvalue weighted by atomic mass is 10.0. The number of carboxylic acids is 1. The normalized spacial score (nSPS) is 11.5. The quantitative estimate of drug-likeness (QED) is 0.811. The van der Waals surface area contributed by atoms with E-state index in [-0.39, 0.29) is 11.1 Å². The molecule has 0 aliphatic heterocycles. The largest absolute Gasteiger partial charge is 0.493 e. The molecule has 25 heavy (non-hydrogen) atoms. The Morgan fingerprint density at radius 3 is 2.44 bits per heavy atom. The minimum Gasteiger partial charge on any atom is -0.493 e. The van der Waals surface area contributed by atoms with Gasteiger partial charge in [0.15, 0.2) is 11.5 Å². The summed E-state index contributed by atoms with van der Waals surface area (Å²) in [6.45, 7) is 0. The number of methoxy groups -OCH3 is 2. The summed E-state index contributed by atoms with van der Waals surface area (Å²) in [7, 11) is 2.95. The minimum atomic E-state index is -3.20. The molecule has 0 bridgehead atoms. The molecule has 0 saturated carbocycles. The Morgan fingerprint density at radius 1 is 1.12 bits per heavy atom. The SMILES string of the molecule is COc1ccc(C=CC(F)(F)Cc2ccccc2C(=O)O)cc1OC. The number of carboxylic acid groups (broad SMARTS) is 1. The third-order valence-corrected chi connectivity index (χ3v) is 3.60. The van der Waals surface area contributed by atoms with Gasteiger partial charge < -0.3 is 14.6 Å². The average Bonchev–Trinajstić information content (AvgIpc) is 2.59. The number of carbonyl (C=O) groups is 1. The van der Waals surface area contributed by atoms with E-state index in [4.69, 9.17) is 14.6 Å². The molecular formula is C19H18F2O4. The van der Waals surface area contributed by atoms with Crippen molar-refractivity contribution in [2.45, 2.75) is 12.3 Å². The molecule has 0 atom stereocenters. The van der Waals surface area contributed by atoms with Crippen LogP contribution in [0.1, 0.15) is 21.5 Å². The van der Waals surface area contributed by atoms with Gasteiger partial charge in [0.25, 0.3) is 5.92 Å². The minimum absolute atomic E-state index is 0.0805. The summed E-state index contributed by atoms with van der Waals surface area (Å²) in [5, 5.41) is 9.09. The summed E-state index contributed by atoms with van der Waals surface area (Å²) in [6.07, 6.45) is 1.33. The van der Waals surface area contributed by atoms with E-state index in [1.54, 1.807) is 18.2 Å². The Bertz CT molecular complexity index is 785. The zero-order chi connectivity index (χ0) is 18.4. The van der Waals surface area contributed by atoms with Crippen LogP contribution < -0.4 is 9.47 Å². The fourth-order valence-electron chi connectivity index (χ4n) is 2.37. The Labute approximate surface area is 144 Å². The Morgan fingerprint density at radius 2 is 1.80 bits per heavy atom. The van der Waals surface area contributed by atoms with Crippen LogP contribution in [-0.2, 0) is 6.42 Å². The first-order valence-corrected chi connectivity index (χ1v) is 7.46. The maximum absolute atomic E-state index is 14.2. The molecule has 1 N–H and O–H groups in total. The van der Waals surface area contributed by atoms with Crippen LogP contribution >= 0.6 is 0 Å². The molecule has 6 heteroatoms. The van der Waals surface area contributed by atoms with Crippen LogP contribution in [-0.4, -0.2) is 31.2 Å². The predicted molar refractivity (Wildman–Crippen MR) is 90.6 cm³/mol. The van der Waals surface area contributed by atoms with Crippen molar-refractivity contribution in [3.8, 4) is 11.5 Å². The van der Waals surface area contributed by atoms with Crippen molar-refractivity contribution in [3.05, 3.63) is 65.2 Å². The summed E-state index contributed by atoms with van der Waals surface area (Å²) in [5.74, 6) is -3.49. The van der Waals surface area contributed by atoms with Gasteiger partial charge in [-0.15, -0.1) is 0 Å². The van der Waals surface area contributed by atoms with E-state index in [1.165, 1.54) is 44.6 Å². The summed E-state index contributed by atoms with van der Waals surface area (Å²) < 4.78 is 38.7. The third-order valence-electron chi connectivity index (χ3n) is 3.60. The number of benzene rings is 2. The van der Waals surface area contributed by atoms with Crippen LogP contribution in [0.25, 0.3) is 6.08 Å². The summed E-state index contributed by atoms with van der Waals surface area (Å²) in [5.41, 5.74) is 0.475. The summed E-state index contributed by atoms with van der Waals surface area (Å²) >= 11 is 0. The molecule has 0 aliphatic carbocycles. The van der Waals surface area contributed by atoms with Gasteiger partial charge in [0.1, 0.15) is 0 Å². The van der Waals surface area contributed by atoms with Crippen molar-refractivity contribution in [2.75, 3.05) is 14.2 Å². The molecule has 2 aromatic rings. The molecule has 0 fully saturated rings. The van der Waals surface area contributed by atoms with Crippen LogP contribution in [0.2, 0.25) is 0 Å². The van der Waals surface area contributed by atoms with Gasteiger partial charge >= 0.3 is 5.97 Å². The Kier molecular flexibility index (Phi) is 5.75. The van der Waals surface area contributed by atoms with Gasteiger partial charge in [-0.25, -0.2) is 13.6 Å². The van der Waals surface area contributed by atoms with Gasteiger partial charge in [0.05, 0.1) is 19.8 Å². The molecule has 0 amide bonds. The second-order valence-electron chi connectivity index (χ2n) is 5.35. The van der Waals surface area contributed by atoms with Crippen LogP contribution in [0, 0.1) is 0 Å². The number of ether oxygens (including phenoxy) is 2. The van der Waals surface area contributed by atoms with Gasteiger partial charge in [-0.05, 0) is 35.4 Å². The number of allylic oxidation sites excluding steroid dienone is 1. The van der Waals surface area contributed by atoms with Gasteiger partial charge in [-0.1, -0.05) is 30.3 Å². The van der Waals surface area contributed by atoms with E-state index in [0.717, 1.165) is 6.08 Å². The van der Waals surface area contributed by atoms with Gasteiger partial charge in [-0.3, -0.25) is 0 Å². The van der Waals surface area contributed by atoms with E-state index < -0.39 is 18.3 Å². The van der Waals surface area contributed by atoms with Crippen molar-refractivity contribution in [1.29, 1.82) is 0 Å². The molecule has 0 saturated heterocycles. The van der Waals surface area contributed by atoms with Gasteiger partial charge in [0.2, 0.25) is 0 Å². The molecule has 0 radical (unpaired) electrons. The molecule has 2 rings (SSSR count). The fourth-order valence-corrected chi connectivity index (χ4v) is 2.37. The number of hydrogen-bond donors (Lipinski definition) is 1. The second kappa shape index (κ2) is 7.79. The first-order valence-electron chi connectivity index (χ1n) is 7.46. The first kappa shape index (κ1) is 18.4. The van der Waals surface area contributed by atoms with Crippen molar-refractivity contribution >= 4 is 12.0 Å². The number of halogens is 2. The number of hydrogen-bond acceptors (Lipinski definition) is 3. The van der Waals surface area contributed by atoms with Crippen molar-refractivity contribution in [2.24, 2.45) is 0 Å². The molecular weight excluding hydrogens is 330 g/mol. The van der Waals surface area contributed by atoms with Gasteiger partial charge in [-0.2, -0.15) is 0 Å². The van der Waals surface area contributed by atoms with Crippen LogP contribution in [0.4, 0.5) is 8.78 Å². The molecule has 0 spiro atoms. The molecule has 0 aliphatic rings. The van der Waals surface area contributed by atoms with Crippen LogP contribution in [0.5, 0.6) is 11.5 Å². The molecule has 4 nitrogen and oxygen atoms in total. The zero-order valence-electron chi connectivity index (χ0n) is 13.8. The maximum atomic E-state index is 14.2. The number of alkyl halides is 2. The molecule has 2 aromatic carbocycles. The van der Waals surface area contributed by atoms with Crippen LogP contribution in [0.3, 0.4) is 0 Å². The summed E-state index contributed by atoms with van der Waals surface area (Å²) in [6, 6.07) is 10.6. The molecule has 0 unspecified atom stereocenters. The first-order chi connectivity index (χ1) is 11.9. The smallest absolute Gasteiger partial charge is 0.335 e. The maximum Gasteiger partial charge on any atom is 0.335 e. The molecule has 0 heterocycles. The highest BCUT2D eigenvalue weighted by atomic mass is 19.3. The highest BCUT2D eigenvalue weighted by Gasteiger charge is 2.27. The lowest BCUT2D eigenvalue weighted by Crippen LogP contribution is -2.18. The predicted octanol–water partition coefficient (Wildman–Crippen LogP) is 4.29. The second-order valence-corrected chi connectivity index (χ2v) is 5.35. The highest BCUT2D eigenvalue weighted by Crippen LogP contribution is 2.29. The lowest BCUT2D eigenvalue weighted by Gasteiger charge is -2.14. The summed E-state index contributed by atoms with van der Waals surface area (Å²) in [4.78, 5) is 11.1. The standard InChI is InChI=1S/C19H18F2O4/c1-24-16-8-7-13(11-17(16)25-2)9-10-19(20,21)12-14-5-3-4-6-15(14)18(22)23/h3-11H,12H2,1-2H3,(H,22,23). The average molecular weight is 348 g/mol. The van der Waals surface area contributed by atoms with E-state index in [2.05, 4.69) is 0 Å². The zero-order valence-corrected chi connectivity index (χ0v) is 13.8. The highest BCUT2D eigenvalue weighted by molar-refractivity contribution is 5.89. The Hall–Kier alpha value is -2.89. The number of aromatic carboxylic acids is 1. The van der Waals surface area contributed by atoms with Crippen molar-refractivity contribution in [1.82, 2.24) is 0 Å². The topological polar surface area (TPSA) is 55.8 Å². The van der Waals surface area contributed by atoms with Crippen LogP contribution in [0.15, 0.2) is 48.5 Å². The Balaban J connectivity index is 2.21.